The Morgan fingerprint density at radius 1 is 1.27 bits per heavy atom. The molecule has 1 aromatic heterocycles. The molecular formula is C21H23F2N3O4. The number of carboxylic acids is 1. The van der Waals surface area contributed by atoms with Crippen LogP contribution in [0, 0.1) is 5.92 Å². The molecule has 2 aromatic rings. The van der Waals surface area contributed by atoms with Crippen LogP contribution in [0.25, 0.3) is 11.3 Å². The predicted molar refractivity (Wildman–Crippen MR) is 105 cm³/mol. The molecular weight excluding hydrogens is 396 g/mol. The Morgan fingerprint density at radius 2 is 2.00 bits per heavy atom. The molecule has 1 aromatic carbocycles. The third kappa shape index (κ3) is 4.44. The lowest BCUT2D eigenvalue weighted by Gasteiger charge is -2.32. The molecule has 2 aliphatic heterocycles. The minimum atomic E-state index is -2.78. The van der Waals surface area contributed by atoms with Crippen LogP contribution in [0.5, 0.6) is 11.5 Å². The van der Waals surface area contributed by atoms with Crippen molar-refractivity contribution in [1.82, 2.24) is 9.97 Å². The highest BCUT2D eigenvalue weighted by Crippen LogP contribution is 2.38. The van der Waals surface area contributed by atoms with Gasteiger partial charge in [0.05, 0.1) is 11.6 Å². The van der Waals surface area contributed by atoms with Crippen molar-refractivity contribution in [2.45, 2.75) is 38.5 Å². The van der Waals surface area contributed by atoms with Crippen LogP contribution in [0.15, 0.2) is 24.4 Å². The van der Waals surface area contributed by atoms with Crippen LogP contribution in [0.4, 0.5) is 14.6 Å². The molecule has 0 saturated carbocycles. The maximum absolute atomic E-state index is 13.3. The molecule has 1 saturated heterocycles. The molecule has 0 spiro atoms. The van der Waals surface area contributed by atoms with Crippen LogP contribution in [0.3, 0.4) is 0 Å². The summed E-state index contributed by atoms with van der Waals surface area (Å²) in [5, 5.41) is 9.26. The molecule has 30 heavy (non-hydrogen) atoms. The van der Waals surface area contributed by atoms with Gasteiger partial charge in [-0.25, -0.2) is 13.8 Å². The Balaban J connectivity index is 1.66. The summed E-state index contributed by atoms with van der Waals surface area (Å²) in [7, 11) is 0. The first-order valence-electron chi connectivity index (χ1n) is 9.92. The van der Waals surface area contributed by atoms with E-state index in [4.69, 9.17) is 9.47 Å². The smallest absolute Gasteiger partial charge is 0.306 e. The van der Waals surface area contributed by atoms with Crippen molar-refractivity contribution in [2.24, 2.45) is 5.92 Å². The topological polar surface area (TPSA) is 84.8 Å². The highest BCUT2D eigenvalue weighted by molar-refractivity contribution is 5.75. The van der Waals surface area contributed by atoms with Crippen molar-refractivity contribution < 1.29 is 28.2 Å². The number of nitrogens with zero attached hydrogens (tertiary/aromatic N) is 3. The lowest BCUT2D eigenvalue weighted by molar-refractivity contribution is -0.142. The lowest BCUT2D eigenvalue weighted by Crippen LogP contribution is -2.37. The van der Waals surface area contributed by atoms with Gasteiger partial charge in [0.2, 0.25) is 12.7 Å². The van der Waals surface area contributed by atoms with Crippen LogP contribution in [-0.2, 0) is 11.2 Å². The number of anilines is 1. The summed E-state index contributed by atoms with van der Waals surface area (Å²) in [4.78, 5) is 22.5. The lowest BCUT2D eigenvalue weighted by atomic mass is 9.97. The second-order valence-corrected chi connectivity index (χ2v) is 7.77. The van der Waals surface area contributed by atoms with Crippen molar-refractivity contribution in [2.75, 3.05) is 24.8 Å². The fourth-order valence-electron chi connectivity index (χ4n) is 3.69. The monoisotopic (exact) mass is 419 g/mol. The van der Waals surface area contributed by atoms with E-state index in [1.54, 1.807) is 6.07 Å². The van der Waals surface area contributed by atoms with Crippen molar-refractivity contribution in [3.63, 3.8) is 0 Å². The molecule has 0 unspecified atom stereocenters. The van der Waals surface area contributed by atoms with Gasteiger partial charge in [0, 0.05) is 31.3 Å². The van der Waals surface area contributed by atoms with Crippen molar-refractivity contribution >= 4 is 11.8 Å². The van der Waals surface area contributed by atoms with Gasteiger partial charge >= 0.3 is 5.97 Å². The quantitative estimate of drug-likeness (QED) is 0.763. The van der Waals surface area contributed by atoms with Crippen LogP contribution >= 0.6 is 0 Å². The molecule has 4 rings (SSSR count). The molecule has 0 amide bonds. The van der Waals surface area contributed by atoms with Gasteiger partial charge in [0.15, 0.2) is 17.3 Å². The number of aromatic nitrogens is 2. The number of hydrogen-bond acceptors (Lipinski definition) is 6. The van der Waals surface area contributed by atoms with E-state index in [1.165, 1.54) is 6.20 Å². The van der Waals surface area contributed by atoms with E-state index in [9.17, 15) is 18.7 Å². The second kappa shape index (κ2) is 8.04. The molecule has 9 heteroatoms. The Bertz CT molecular complexity index is 940. The fraction of sp³-hybridized carbons (Fsp3) is 0.476. The Hall–Kier alpha value is -2.97. The third-order valence-corrected chi connectivity index (χ3v) is 5.41. The average molecular weight is 419 g/mol. The maximum Gasteiger partial charge on any atom is 0.306 e. The van der Waals surface area contributed by atoms with E-state index < -0.39 is 11.9 Å². The molecule has 0 aliphatic carbocycles. The zero-order valence-electron chi connectivity index (χ0n) is 16.6. The summed E-state index contributed by atoms with van der Waals surface area (Å²) in [5.74, 6) is -2.12. The zero-order chi connectivity index (χ0) is 21.3. The summed E-state index contributed by atoms with van der Waals surface area (Å²) in [6, 6.07) is 5.47. The number of carboxylic acid groups (broad SMARTS) is 1. The van der Waals surface area contributed by atoms with Gasteiger partial charge < -0.3 is 19.5 Å². The summed E-state index contributed by atoms with van der Waals surface area (Å²) >= 11 is 0. The average Bonchev–Trinajstić information content (AvgIpc) is 3.19. The first kappa shape index (κ1) is 20.3. The van der Waals surface area contributed by atoms with Crippen LogP contribution in [0.2, 0.25) is 0 Å². The summed E-state index contributed by atoms with van der Waals surface area (Å²) in [6.07, 6.45) is 2.31. The van der Waals surface area contributed by atoms with Crippen LogP contribution in [0.1, 0.15) is 31.9 Å². The van der Waals surface area contributed by atoms with E-state index in [-0.39, 0.29) is 25.6 Å². The molecule has 160 valence electrons. The minimum Gasteiger partial charge on any atom is -0.481 e. The summed E-state index contributed by atoms with van der Waals surface area (Å²) in [5.41, 5.74) is 1.86. The van der Waals surface area contributed by atoms with Crippen LogP contribution in [-0.4, -0.2) is 46.8 Å². The van der Waals surface area contributed by atoms with E-state index in [2.05, 4.69) is 9.97 Å². The first-order valence-corrected chi connectivity index (χ1v) is 9.92. The van der Waals surface area contributed by atoms with E-state index >= 15 is 0 Å². The number of halogens is 2. The number of benzene rings is 1. The number of alkyl halides is 2. The predicted octanol–water partition coefficient (Wildman–Crippen LogP) is 3.76. The Kier molecular flexibility index (Phi) is 5.44. The fourth-order valence-corrected chi connectivity index (χ4v) is 3.69. The standard InChI is InChI=1S/C21H23F2N3O4/c1-21(22,23)7-4-15-11-24-18(14-2-3-16-17(10-14)30-12-29-16)19(25-15)26-8-5-13(6-9-26)20(27)28/h2-3,10-11,13H,4-9,12H2,1H3,(H,27,28). The molecule has 2 aliphatic rings. The minimum absolute atomic E-state index is 0.108. The van der Waals surface area contributed by atoms with Gasteiger partial charge in [-0.2, -0.15) is 0 Å². The van der Waals surface area contributed by atoms with Gasteiger partial charge in [0.1, 0.15) is 5.69 Å². The number of rotatable bonds is 6. The number of aryl methyl sites for hydroxylation is 1. The molecule has 1 fully saturated rings. The Morgan fingerprint density at radius 3 is 2.70 bits per heavy atom. The summed E-state index contributed by atoms with van der Waals surface area (Å²) < 4.78 is 37.4. The molecule has 7 nitrogen and oxygen atoms in total. The first-order chi connectivity index (χ1) is 14.3. The summed E-state index contributed by atoms with van der Waals surface area (Å²) in [6.45, 7) is 2.07. The van der Waals surface area contributed by atoms with Gasteiger partial charge in [0.25, 0.3) is 0 Å². The molecule has 0 radical (unpaired) electrons. The normalized spacial score (nSPS) is 16.7. The van der Waals surface area contributed by atoms with Crippen LogP contribution < -0.4 is 14.4 Å². The number of fused-ring (bicyclic) bond motifs is 1. The number of carbonyl (C=O) groups is 1. The van der Waals surface area contributed by atoms with Gasteiger partial charge in [-0.05, 0) is 44.4 Å². The van der Waals surface area contributed by atoms with Crippen molar-refractivity contribution in [1.29, 1.82) is 0 Å². The van der Waals surface area contributed by atoms with E-state index in [1.807, 2.05) is 17.0 Å². The second-order valence-electron chi connectivity index (χ2n) is 7.77. The van der Waals surface area contributed by atoms with Gasteiger partial charge in [-0.1, -0.05) is 0 Å². The van der Waals surface area contributed by atoms with Gasteiger partial charge in [-0.3, -0.25) is 9.78 Å². The molecule has 0 bridgehead atoms. The number of ether oxygens (including phenoxy) is 2. The molecule has 1 N–H and O–H groups in total. The Labute approximate surface area is 172 Å². The van der Waals surface area contributed by atoms with E-state index in [0.717, 1.165) is 12.5 Å². The molecule has 0 atom stereocenters. The number of piperidine rings is 1. The molecule has 3 heterocycles. The largest absolute Gasteiger partial charge is 0.481 e. The zero-order valence-corrected chi connectivity index (χ0v) is 16.6. The SMILES string of the molecule is CC(F)(F)CCc1cnc(-c2ccc3c(c2)OCO3)c(N2CCC(C(=O)O)CC2)n1. The van der Waals surface area contributed by atoms with Gasteiger partial charge in [-0.15, -0.1) is 0 Å². The van der Waals surface area contributed by atoms with E-state index in [0.29, 0.717) is 54.6 Å². The maximum atomic E-state index is 13.3. The van der Waals surface area contributed by atoms with Crippen molar-refractivity contribution in [3.8, 4) is 22.8 Å². The highest BCUT2D eigenvalue weighted by atomic mass is 19.3. The number of hydrogen-bond donors (Lipinski definition) is 1. The van der Waals surface area contributed by atoms with Crippen molar-refractivity contribution in [3.05, 3.63) is 30.1 Å². The highest BCUT2D eigenvalue weighted by Gasteiger charge is 2.28. The number of aliphatic carboxylic acids is 1. The third-order valence-electron chi connectivity index (χ3n) is 5.41.